The molecule has 0 spiro atoms. The van der Waals surface area contributed by atoms with Crippen LogP contribution in [-0.4, -0.2) is 21.7 Å². The highest BCUT2D eigenvalue weighted by molar-refractivity contribution is 5.28. The second-order valence-electron chi connectivity index (χ2n) is 4.14. The lowest BCUT2D eigenvalue weighted by Crippen LogP contribution is -2.27. The van der Waals surface area contributed by atoms with Crippen molar-refractivity contribution in [2.45, 2.75) is 32.1 Å². The van der Waals surface area contributed by atoms with E-state index in [1.54, 1.807) is 0 Å². The Bertz CT molecular complexity index is 515. The summed E-state index contributed by atoms with van der Waals surface area (Å²) in [5.74, 6) is 0.168. The van der Waals surface area contributed by atoms with Crippen LogP contribution in [0.5, 0.6) is 0 Å². The molecule has 1 aromatic rings. The second-order valence-corrected chi connectivity index (χ2v) is 4.14. The van der Waals surface area contributed by atoms with E-state index in [0.717, 1.165) is 19.3 Å². The summed E-state index contributed by atoms with van der Waals surface area (Å²) in [5.41, 5.74) is 0.367. The zero-order valence-electron chi connectivity index (χ0n) is 9.58. The second kappa shape index (κ2) is 5.47. The molecule has 1 aromatic heterocycles. The molecule has 2 rings (SSSR count). The Morgan fingerprint density at radius 1 is 1.35 bits per heavy atom. The SMILES string of the molecule is O=c1[nH]nc(NCCC2=CCCCC2)c(=O)[nH]1. The minimum absolute atomic E-state index is 0.168. The van der Waals surface area contributed by atoms with Gasteiger partial charge in [-0.15, -0.1) is 5.10 Å². The van der Waals surface area contributed by atoms with E-state index in [1.165, 1.54) is 18.4 Å². The first-order valence-corrected chi connectivity index (χ1v) is 5.86. The number of hydrogen-bond acceptors (Lipinski definition) is 4. The van der Waals surface area contributed by atoms with Gasteiger partial charge in [-0.25, -0.2) is 9.89 Å². The fourth-order valence-electron chi connectivity index (χ4n) is 1.94. The average Bonchev–Trinajstić information content (AvgIpc) is 2.33. The van der Waals surface area contributed by atoms with Crippen LogP contribution in [0.1, 0.15) is 32.1 Å². The fourth-order valence-corrected chi connectivity index (χ4v) is 1.94. The van der Waals surface area contributed by atoms with Crippen molar-refractivity contribution < 1.29 is 0 Å². The molecule has 0 unspecified atom stereocenters. The molecule has 0 bridgehead atoms. The smallest absolute Gasteiger partial charge is 0.342 e. The average molecular weight is 236 g/mol. The van der Waals surface area contributed by atoms with Crippen molar-refractivity contribution in [3.63, 3.8) is 0 Å². The van der Waals surface area contributed by atoms with Gasteiger partial charge in [0.1, 0.15) is 0 Å². The van der Waals surface area contributed by atoms with Crippen molar-refractivity contribution in [2.75, 3.05) is 11.9 Å². The third-order valence-corrected chi connectivity index (χ3v) is 2.83. The third-order valence-electron chi connectivity index (χ3n) is 2.83. The topological polar surface area (TPSA) is 90.6 Å². The Morgan fingerprint density at radius 3 is 2.94 bits per heavy atom. The number of aromatic nitrogens is 3. The van der Waals surface area contributed by atoms with Gasteiger partial charge in [0.2, 0.25) is 5.82 Å². The molecule has 6 nitrogen and oxygen atoms in total. The summed E-state index contributed by atoms with van der Waals surface area (Å²) in [6.45, 7) is 0.661. The summed E-state index contributed by atoms with van der Waals surface area (Å²) in [5, 5.41) is 8.76. The van der Waals surface area contributed by atoms with Crippen LogP contribution < -0.4 is 16.6 Å². The first-order valence-electron chi connectivity index (χ1n) is 5.86. The van der Waals surface area contributed by atoms with E-state index in [0.29, 0.717) is 6.54 Å². The standard InChI is InChI=1S/C11H16N4O2/c16-10-9(14-15-11(17)13-10)12-7-6-8-4-2-1-3-5-8/h4H,1-3,5-7H2,(H,12,14)(H2,13,15,16,17). The number of allylic oxidation sites excluding steroid dienone is 1. The van der Waals surface area contributed by atoms with Gasteiger partial charge < -0.3 is 5.32 Å². The largest absolute Gasteiger partial charge is 0.364 e. The molecule has 1 aliphatic rings. The lowest BCUT2D eigenvalue weighted by Gasteiger charge is -2.12. The Morgan fingerprint density at radius 2 is 2.24 bits per heavy atom. The first kappa shape index (κ1) is 11.6. The van der Waals surface area contributed by atoms with Crippen LogP contribution in [0.15, 0.2) is 21.2 Å². The Kier molecular flexibility index (Phi) is 3.74. The van der Waals surface area contributed by atoms with E-state index in [-0.39, 0.29) is 5.82 Å². The van der Waals surface area contributed by atoms with Crippen LogP contribution in [0, 0.1) is 0 Å². The van der Waals surface area contributed by atoms with Crippen LogP contribution in [0.3, 0.4) is 0 Å². The van der Waals surface area contributed by atoms with E-state index in [2.05, 4.69) is 26.6 Å². The lowest BCUT2D eigenvalue weighted by molar-refractivity contribution is 0.679. The van der Waals surface area contributed by atoms with E-state index in [1.807, 2.05) is 0 Å². The molecular formula is C11H16N4O2. The monoisotopic (exact) mass is 236 g/mol. The van der Waals surface area contributed by atoms with Crippen LogP contribution in [0.4, 0.5) is 5.82 Å². The van der Waals surface area contributed by atoms with Gasteiger partial charge >= 0.3 is 5.69 Å². The Balaban J connectivity index is 1.87. The zero-order valence-corrected chi connectivity index (χ0v) is 9.58. The molecule has 0 saturated heterocycles. The van der Waals surface area contributed by atoms with Crippen LogP contribution in [0.25, 0.3) is 0 Å². The summed E-state index contributed by atoms with van der Waals surface area (Å²) >= 11 is 0. The molecule has 1 heterocycles. The first-order chi connectivity index (χ1) is 8.25. The van der Waals surface area contributed by atoms with Crippen molar-refractivity contribution in [1.29, 1.82) is 0 Å². The summed E-state index contributed by atoms with van der Waals surface area (Å²) in [6.07, 6.45) is 8.03. The maximum Gasteiger partial charge on any atom is 0.342 e. The number of anilines is 1. The summed E-state index contributed by atoms with van der Waals surface area (Å²) < 4.78 is 0. The molecule has 17 heavy (non-hydrogen) atoms. The molecule has 0 aliphatic heterocycles. The van der Waals surface area contributed by atoms with Gasteiger partial charge in [-0.2, -0.15) is 0 Å². The molecule has 92 valence electrons. The maximum absolute atomic E-state index is 11.3. The highest BCUT2D eigenvalue weighted by Crippen LogP contribution is 2.19. The summed E-state index contributed by atoms with van der Waals surface area (Å²) in [6, 6.07) is 0. The van der Waals surface area contributed by atoms with Crippen molar-refractivity contribution in [2.24, 2.45) is 0 Å². The predicted octanol–water partition coefficient (Wildman–Crippen LogP) is 0.761. The van der Waals surface area contributed by atoms with Gasteiger partial charge in [0.15, 0.2) is 0 Å². The molecule has 0 radical (unpaired) electrons. The summed E-state index contributed by atoms with van der Waals surface area (Å²) in [7, 11) is 0. The van der Waals surface area contributed by atoms with E-state index >= 15 is 0 Å². The predicted molar refractivity (Wildman–Crippen MR) is 65.1 cm³/mol. The van der Waals surface area contributed by atoms with Gasteiger partial charge in [0, 0.05) is 6.54 Å². The molecular weight excluding hydrogens is 220 g/mol. The molecule has 1 aliphatic carbocycles. The van der Waals surface area contributed by atoms with Crippen molar-refractivity contribution in [3.05, 3.63) is 32.5 Å². The normalized spacial score (nSPS) is 15.4. The number of aromatic amines is 2. The quantitative estimate of drug-likeness (QED) is 0.673. The van der Waals surface area contributed by atoms with Gasteiger partial charge in [-0.3, -0.25) is 9.78 Å². The van der Waals surface area contributed by atoms with Crippen molar-refractivity contribution >= 4 is 5.82 Å². The molecule has 0 fully saturated rings. The highest BCUT2D eigenvalue weighted by atomic mass is 16.2. The van der Waals surface area contributed by atoms with Gasteiger partial charge in [-0.1, -0.05) is 11.6 Å². The lowest BCUT2D eigenvalue weighted by atomic mass is 9.97. The molecule has 0 atom stereocenters. The van der Waals surface area contributed by atoms with Crippen LogP contribution in [0.2, 0.25) is 0 Å². The van der Waals surface area contributed by atoms with E-state index in [9.17, 15) is 9.59 Å². The third kappa shape index (κ3) is 3.30. The van der Waals surface area contributed by atoms with Gasteiger partial charge in [0.25, 0.3) is 5.56 Å². The zero-order chi connectivity index (χ0) is 12.1. The molecule has 3 N–H and O–H groups in total. The highest BCUT2D eigenvalue weighted by Gasteiger charge is 2.05. The van der Waals surface area contributed by atoms with Crippen molar-refractivity contribution in [1.82, 2.24) is 15.2 Å². The fraction of sp³-hybridized carbons (Fsp3) is 0.545. The summed E-state index contributed by atoms with van der Waals surface area (Å²) in [4.78, 5) is 24.2. The molecule has 0 aromatic carbocycles. The minimum atomic E-state index is -0.587. The number of H-pyrrole nitrogens is 2. The van der Waals surface area contributed by atoms with E-state index < -0.39 is 11.2 Å². The van der Waals surface area contributed by atoms with Crippen molar-refractivity contribution in [3.8, 4) is 0 Å². The van der Waals surface area contributed by atoms with Crippen LogP contribution >= 0.6 is 0 Å². The van der Waals surface area contributed by atoms with Gasteiger partial charge in [0.05, 0.1) is 0 Å². The van der Waals surface area contributed by atoms with Gasteiger partial charge in [-0.05, 0) is 32.1 Å². The Hall–Kier alpha value is -1.85. The Labute approximate surface area is 98.2 Å². The number of rotatable bonds is 4. The number of nitrogens with zero attached hydrogens (tertiary/aromatic N) is 1. The van der Waals surface area contributed by atoms with E-state index in [4.69, 9.17) is 0 Å². The number of hydrogen-bond donors (Lipinski definition) is 3. The minimum Gasteiger partial charge on any atom is -0.364 e. The molecule has 0 amide bonds. The molecule has 0 saturated carbocycles. The van der Waals surface area contributed by atoms with Crippen LogP contribution in [-0.2, 0) is 0 Å². The molecule has 6 heteroatoms. The maximum atomic E-state index is 11.3. The number of nitrogens with one attached hydrogen (secondary N) is 3.